The number of non-ortho nitro benzene ring substituents is 1. The van der Waals surface area contributed by atoms with Gasteiger partial charge in [-0.1, -0.05) is 48.5 Å². The van der Waals surface area contributed by atoms with Gasteiger partial charge in [-0.15, -0.1) is 0 Å². The normalized spacial score (nSPS) is 13.4. The molecule has 0 unspecified atom stereocenters. The largest absolute Gasteiger partial charge is 0.480 e. The number of aliphatic carboxylic acids is 1. The van der Waals surface area contributed by atoms with Gasteiger partial charge in [0.15, 0.2) is 0 Å². The zero-order valence-corrected chi connectivity index (χ0v) is 21.1. The summed E-state index contributed by atoms with van der Waals surface area (Å²) in [7, 11) is -2.78. The van der Waals surface area contributed by atoms with E-state index in [0.717, 1.165) is 50.8 Å². The summed E-state index contributed by atoms with van der Waals surface area (Å²) in [5.74, 6) is -1.55. The Morgan fingerprint density at radius 3 is 2.11 bits per heavy atom. The van der Waals surface area contributed by atoms with Crippen LogP contribution < -0.4 is 5.32 Å². The highest BCUT2D eigenvalue weighted by molar-refractivity contribution is 7.89. The third-order valence-electron chi connectivity index (χ3n) is 6.42. The molecule has 3 aromatic rings. The molecule has 0 radical (unpaired) electrons. The number of nitrogens with zero attached hydrogens (tertiary/aromatic N) is 2. The smallest absolute Gasteiger partial charge is 0.407 e. The maximum absolute atomic E-state index is 12.8. The highest BCUT2D eigenvalue weighted by Gasteiger charge is 2.30. The minimum absolute atomic E-state index is 0.000620. The second kappa shape index (κ2) is 11.0. The molecule has 0 spiro atoms. The average Bonchev–Trinajstić information content (AvgIpc) is 3.23. The monoisotopic (exact) mass is 539 g/mol. The first-order valence-corrected chi connectivity index (χ1v) is 13.1. The van der Waals surface area contributed by atoms with E-state index in [2.05, 4.69) is 5.32 Å². The van der Waals surface area contributed by atoms with Gasteiger partial charge in [0.2, 0.25) is 10.0 Å². The molecule has 0 saturated heterocycles. The lowest BCUT2D eigenvalue weighted by atomic mass is 9.98. The van der Waals surface area contributed by atoms with Crippen molar-refractivity contribution >= 4 is 27.8 Å². The number of hydrogen-bond donors (Lipinski definition) is 2. The third kappa shape index (κ3) is 5.50. The SMILES string of the molecule is CN(CC[C@@H](NC(=O)OCC1c2ccccc2-c2ccccc21)C(=O)O)S(=O)(=O)c1ccc([N+](=O)[O-])cc1. The minimum atomic E-state index is -4.04. The van der Waals surface area contributed by atoms with E-state index in [-0.39, 0.29) is 36.1 Å². The molecular weight excluding hydrogens is 514 g/mol. The maximum Gasteiger partial charge on any atom is 0.407 e. The topological polar surface area (TPSA) is 156 Å². The number of ether oxygens (including phenoxy) is 1. The third-order valence-corrected chi connectivity index (χ3v) is 8.29. The molecule has 11 nitrogen and oxygen atoms in total. The molecule has 2 N–H and O–H groups in total. The molecule has 38 heavy (non-hydrogen) atoms. The molecule has 0 saturated carbocycles. The van der Waals surface area contributed by atoms with Crippen LogP contribution in [0.2, 0.25) is 0 Å². The van der Waals surface area contributed by atoms with Crippen LogP contribution in [0.25, 0.3) is 11.1 Å². The summed E-state index contributed by atoms with van der Waals surface area (Å²) in [6.45, 7) is -0.236. The standard InChI is InChI=1S/C26H25N3O8S/c1-28(38(35,36)18-12-10-17(11-13-18)29(33)34)15-14-24(25(30)31)27-26(32)37-16-23-21-8-4-2-6-19(21)20-7-3-5-9-22(20)23/h2-13,23-24H,14-16H2,1H3,(H,27,32)(H,30,31)/t24-/m1/s1. The fourth-order valence-electron chi connectivity index (χ4n) is 4.39. The summed E-state index contributed by atoms with van der Waals surface area (Å²) in [6.07, 6.45) is -1.16. The first kappa shape index (κ1) is 26.8. The van der Waals surface area contributed by atoms with Crippen molar-refractivity contribution in [3.63, 3.8) is 0 Å². The highest BCUT2D eigenvalue weighted by atomic mass is 32.2. The quantitative estimate of drug-likeness (QED) is 0.292. The number of nitro benzene ring substituents is 1. The highest BCUT2D eigenvalue weighted by Crippen LogP contribution is 2.44. The number of carbonyl (C=O) groups is 2. The van der Waals surface area contributed by atoms with Gasteiger partial charge >= 0.3 is 12.1 Å². The molecule has 0 bridgehead atoms. The zero-order chi connectivity index (χ0) is 27.4. The molecule has 1 amide bonds. The van der Waals surface area contributed by atoms with Crippen LogP contribution in [-0.2, 0) is 19.6 Å². The van der Waals surface area contributed by atoms with Gasteiger partial charge in [-0.25, -0.2) is 22.3 Å². The van der Waals surface area contributed by atoms with Gasteiger partial charge in [-0.05, 0) is 40.8 Å². The van der Waals surface area contributed by atoms with Gasteiger partial charge in [0.25, 0.3) is 5.69 Å². The molecule has 0 fully saturated rings. The lowest BCUT2D eigenvalue weighted by Gasteiger charge is -2.21. The Labute approximate surface area is 218 Å². The minimum Gasteiger partial charge on any atom is -0.480 e. The second-order valence-corrected chi connectivity index (χ2v) is 10.8. The zero-order valence-electron chi connectivity index (χ0n) is 20.3. The summed E-state index contributed by atoms with van der Waals surface area (Å²) >= 11 is 0. The molecule has 198 valence electrons. The van der Waals surface area contributed by atoms with Crippen molar-refractivity contribution in [2.24, 2.45) is 0 Å². The Morgan fingerprint density at radius 1 is 1.03 bits per heavy atom. The first-order valence-electron chi connectivity index (χ1n) is 11.6. The van der Waals surface area contributed by atoms with Crippen molar-refractivity contribution in [3.8, 4) is 11.1 Å². The van der Waals surface area contributed by atoms with Gasteiger partial charge in [-0.3, -0.25) is 10.1 Å². The van der Waals surface area contributed by atoms with E-state index in [1.165, 1.54) is 7.05 Å². The lowest BCUT2D eigenvalue weighted by Crippen LogP contribution is -2.43. The molecule has 1 aliphatic rings. The molecule has 1 aliphatic carbocycles. The number of carboxylic acids is 1. The van der Waals surface area contributed by atoms with Crippen molar-refractivity contribution < 1.29 is 32.8 Å². The molecule has 0 aliphatic heterocycles. The molecule has 3 aromatic carbocycles. The Bertz CT molecular complexity index is 1430. The number of benzene rings is 3. The van der Waals surface area contributed by atoms with Gasteiger partial charge in [0.05, 0.1) is 9.82 Å². The molecule has 0 heterocycles. The number of fused-ring (bicyclic) bond motifs is 3. The van der Waals surface area contributed by atoms with Gasteiger partial charge in [0, 0.05) is 31.6 Å². The van der Waals surface area contributed by atoms with E-state index < -0.39 is 33.1 Å². The van der Waals surface area contributed by atoms with Crippen LogP contribution in [0, 0.1) is 10.1 Å². The lowest BCUT2D eigenvalue weighted by molar-refractivity contribution is -0.384. The Balaban J connectivity index is 1.36. The van der Waals surface area contributed by atoms with E-state index >= 15 is 0 Å². The van der Waals surface area contributed by atoms with Crippen molar-refractivity contribution in [2.75, 3.05) is 20.2 Å². The number of nitrogens with one attached hydrogen (secondary N) is 1. The van der Waals surface area contributed by atoms with Crippen LogP contribution in [0.3, 0.4) is 0 Å². The van der Waals surface area contributed by atoms with Crippen LogP contribution in [0.15, 0.2) is 77.7 Å². The number of amides is 1. The maximum atomic E-state index is 12.8. The average molecular weight is 540 g/mol. The molecule has 0 aromatic heterocycles. The summed E-state index contributed by atoms with van der Waals surface area (Å²) < 4.78 is 31.8. The number of carbonyl (C=O) groups excluding carboxylic acids is 1. The summed E-state index contributed by atoms with van der Waals surface area (Å²) in [6, 6.07) is 18.5. The van der Waals surface area contributed by atoms with E-state index in [9.17, 15) is 33.2 Å². The van der Waals surface area contributed by atoms with Crippen molar-refractivity contribution in [1.82, 2.24) is 9.62 Å². The van der Waals surface area contributed by atoms with Crippen LogP contribution in [0.1, 0.15) is 23.5 Å². The summed E-state index contributed by atoms with van der Waals surface area (Å²) in [5.41, 5.74) is 3.86. The Hall–Kier alpha value is -4.29. The first-order chi connectivity index (χ1) is 18.1. The van der Waals surface area contributed by atoms with E-state index in [1.54, 1.807) is 0 Å². The fraction of sp³-hybridized carbons (Fsp3) is 0.231. The van der Waals surface area contributed by atoms with Crippen molar-refractivity contribution in [1.29, 1.82) is 0 Å². The number of sulfonamides is 1. The number of carboxylic acid groups (broad SMARTS) is 1. The van der Waals surface area contributed by atoms with Crippen molar-refractivity contribution in [3.05, 3.63) is 94.0 Å². The van der Waals surface area contributed by atoms with Gasteiger partial charge in [-0.2, -0.15) is 0 Å². The van der Waals surface area contributed by atoms with E-state index in [0.29, 0.717) is 0 Å². The van der Waals surface area contributed by atoms with Crippen molar-refractivity contribution in [2.45, 2.75) is 23.3 Å². The van der Waals surface area contributed by atoms with Gasteiger partial charge < -0.3 is 15.2 Å². The van der Waals surface area contributed by atoms with Crippen LogP contribution in [0.5, 0.6) is 0 Å². The molecular formula is C26H25N3O8S. The van der Waals surface area contributed by atoms with Crippen LogP contribution in [-0.4, -0.2) is 61.1 Å². The number of hydrogen-bond acceptors (Lipinski definition) is 7. The molecule has 4 rings (SSSR count). The Kier molecular flexibility index (Phi) is 7.74. The summed E-state index contributed by atoms with van der Waals surface area (Å²) in [4.78, 5) is 34.2. The van der Waals surface area contributed by atoms with Gasteiger partial charge in [0.1, 0.15) is 12.6 Å². The molecule has 1 atom stereocenters. The fourth-order valence-corrected chi connectivity index (χ4v) is 5.58. The summed E-state index contributed by atoms with van der Waals surface area (Å²) in [5, 5.41) is 22.7. The number of alkyl carbamates (subject to hydrolysis) is 1. The van der Waals surface area contributed by atoms with E-state index in [1.807, 2.05) is 48.5 Å². The Morgan fingerprint density at radius 2 is 1.58 bits per heavy atom. The predicted molar refractivity (Wildman–Crippen MR) is 137 cm³/mol. The molecule has 12 heteroatoms. The van der Waals surface area contributed by atoms with Crippen LogP contribution >= 0.6 is 0 Å². The van der Waals surface area contributed by atoms with Crippen LogP contribution in [0.4, 0.5) is 10.5 Å². The number of nitro groups is 1. The van der Waals surface area contributed by atoms with E-state index in [4.69, 9.17) is 4.74 Å². The number of rotatable bonds is 10. The predicted octanol–water partition coefficient (Wildman–Crippen LogP) is 3.60. The second-order valence-electron chi connectivity index (χ2n) is 8.73.